The second-order valence-corrected chi connectivity index (χ2v) is 4.92. The highest BCUT2D eigenvalue weighted by molar-refractivity contribution is 7.09. The summed E-state index contributed by atoms with van der Waals surface area (Å²) in [7, 11) is 0. The molecule has 15 heavy (non-hydrogen) atoms. The highest BCUT2D eigenvalue weighted by Gasteiger charge is 2.08. The van der Waals surface area contributed by atoms with Crippen LogP contribution in [0.25, 0.3) is 0 Å². The van der Waals surface area contributed by atoms with Crippen LogP contribution >= 0.6 is 11.3 Å². The van der Waals surface area contributed by atoms with E-state index in [1.165, 1.54) is 0 Å². The van der Waals surface area contributed by atoms with Gasteiger partial charge >= 0.3 is 0 Å². The summed E-state index contributed by atoms with van der Waals surface area (Å²) in [5.74, 6) is 0.705. The van der Waals surface area contributed by atoms with E-state index in [1.54, 1.807) is 11.3 Å². The topological polar surface area (TPSA) is 56.0 Å². The van der Waals surface area contributed by atoms with Crippen LogP contribution in [0.1, 0.15) is 30.5 Å². The van der Waals surface area contributed by atoms with Crippen LogP contribution < -0.4 is 5.73 Å². The van der Waals surface area contributed by atoms with Crippen LogP contribution in [0.2, 0.25) is 0 Å². The average molecular weight is 226 g/mol. The number of carbonyl (C=O) groups excluding carboxylic acids is 1. The van der Waals surface area contributed by atoms with Gasteiger partial charge in [0.1, 0.15) is 10.8 Å². The van der Waals surface area contributed by atoms with Crippen LogP contribution in [0, 0.1) is 12.8 Å². The number of nitrogens with zero attached hydrogens (tertiary/aromatic N) is 1. The van der Waals surface area contributed by atoms with E-state index in [-0.39, 0.29) is 5.78 Å². The van der Waals surface area contributed by atoms with Gasteiger partial charge in [-0.1, -0.05) is 6.92 Å². The zero-order valence-corrected chi connectivity index (χ0v) is 10.1. The Balaban J connectivity index is 2.30. The molecule has 0 amide bonds. The molecule has 0 aliphatic carbocycles. The first-order chi connectivity index (χ1) is 7.11. The van der Waals surface area contributed by atoms with Crippen molar-refractivity contribution >= 4 is 17.1 Å². The first kappa shape index (κ1) is 12.3. The Bertz CT molecular complexity index is 322. The third kappa shape index (κ3) is 4.53. The number of aryl methyl sites for hydroxylation is 1. The highest BCUT2D eigenvalue weighted by atomic mass is 32.1. The number of hydrogen-bond acceptors (Lipinski definition) is 4. The maximum absolute atomic E-state index is 11.6. The molecule has 1 aromatic heterocycles. The number of Topliss-reactive ketones (excluding diaryl/α,β-unsaturated/α-hetero) is 1. The van der Waals surface area contributed by atoms with Crippen LogP contribution in [0.4, 0.5) is 0 Å². The van der Waals surface area contributed by atoms with Crippen LogP contribution in [0.5, 0.6) is 0 Å². The summed E-state index contributed by atoms with van der Waals surface area (Å²) >= 11 is 1.56. The second-order valence-electron chi connectivity index (χ2n) is 3.98. The lowest BCUT2D eigenvalue weighted by Crippen LogP contribution is -2.13. The molecule has 1 aromatic rings. The molecular formula is C11H18N2OS. The predicted octanol–water partition coefficient (Wildman–Crippen LogP) is 1.94. The Morgan fingerprint density at radius 3 is 2.93 bits per heavy atom. The molecule has 0 fully saturated rings. The second kappa shape index (κ2) is 5.98. The lowest BCUT2D eigenvalue weighted by molar-refractivity contribution is -0.118. The van der Waals surface area contributed by atoms with Crippen molar-refractivity contribution in [3.8, 4) is 0 Å². The number of rotatable bonds is 6. The minimum absolute atomic E-state index is 0.268. The third-order valence-corrected chi connectivity index (χ3v) is 3.30. The zero-order chi connectivity index (χ0) is 11.3. The molecule has 3 nitrogen and oxygen atoms in total. The predicted molar refractivity (Wildman–Crippen MR) is 63.0 cm³/mol. The summed E-state index contributed by atoms with van der Waals surface area (Å²) in [5.41, 5.74) is 6.49. The van der Waals surface area contributed by atoms with E-state index in [0.717, 1.165) is 17.1 Å². The fourth-order valence-electron chi connectivity index (χ4n) is 1.27. The Labute approximate surface area is 94.7 Å². The number of nitrogens with two attached hydrogens (primary N) is 1. The Morgan fingerprint density at radius 1 is 1.67 bits per heavy atom. The molecule has 1 rings (SSSR count). The zero-order valence-electron chi connectivity index (χ0n) is 9.32. The molecule has 0 spiro atoms. The molecule has 1 heterocycles. The molecule has 0 saturated carbocycles. The van der Waals surface area contributed by atoms with Gasteiger partial charge in [-0.25, -0.2) is 4.98 Å². The molecule has 0 aromatic carbocycles. The van der Waals surface area contributed by atoms with Gasteiger partial charge in [-0.3, -0.25) is 4.79 Å². The molecule has 84 valence electrons. The van der Waals surface area contributed by atoms with E-state index in [1.807, 2.05) is 12.3 Å². The lowest BCUT2D eigenvalue weighted by atomic mass is 10.0. The smallest absolute Gasteiger partial charge is 0.139 e. The molecule has 0 radical (unpaired) electrons. The minimum Gasteiger partial charge on any atom is -0.330 e. The standard InChI is InChI=1S/C11H18N2OS/c1-8(6-12)3-4-10(14)5-11-13-9(2)7-15-11/h7-8H,3-6,12H2,1-2H3. The molecular weight excluding hydrogens is 208 g/mol. The van der Waals surface area contributed by atoms with Gasteiger partial charge in [-0.05, 0) is 25.8 Å². The number of aromatic nitrogens is 1. The minimum atomic E-state index is 0.268. The summed E-state index contributed by atoms with van der Waals surface area (Å²) in [6.45, 7) is 4.67. The highest BCUT2D eigenvalue weighted by Crippen LogP contribution is 2.12. The number of hydrogen-bond donors (Lipinski definition) is 1. The average Bonchev–Trinajstić information content (AvgIpc) is 2.60. The van der Waals surface area contributed by atoms with Gasteiger partial charge in [0, 0.05) is 17.5 Å². The quantitative estimate of drug-likeness (QED) is 0.806. The van der Waals surface area contributed by atoms with Crippen LogP contribution in [0.3, 0.4) is 0 Å². The molecule has 0 bridgehead atoms. The molecule has 1 atom stereocenters. The van der Waals surface area contributed by atoms with Crippen LogP contribution in [-0.4, -0.2) is 17.3 Å². The van der Waals surface area contributed by atoms with Gasteiger partial charge in [0.15, 0.2) is 0 Å². The Hall–Kier alpha value is -0.740. The summed E-state index contributed by atoms with van der Waals surface area (Å²) in [4.78, 5) is 15.8. The van der Waals surface area contributed by atoms with Crippen molar-refractivity contribution in [3.63, 3.8) is 0 Å². The molecule has 4 heteroatoms. The molecule has 0 aliphatic rings. The lowest BCUT2D eigenvalue weighted by Gasteiger charge is -2.05. The van der Waals surface area contributed by atoms with E-state index >= 15 is 0 Å². The summed E-state index contributed by atoms with van der Waals surface area (Å²) in [6, 6.07) is 0. The van der Waals surface area contributed by atoms with E-state index in [0.29, 0.717) is 25.3 Å². The normalized spacial score (nSPS) is 12.7. The van der Waals surface area contributed by atoms with Gasteiger partial charge in [0.2, 0.25) is 0 Å². The number of thiazole rings is 1. The monoisotopic (exact) mass is 226 g/mol. The van der Waals surface area contributed by atoms with E-state index in [4.69, 9.17) is 5.73 Å². The summed E-state index contributed by atoms with van der Waals surface area (Å²) in [6.07, 6.45) is 1.99. The van der Waals surface area contributed by atoms with E-state index < -0.39 is 0 Å². The largest absolute Gasteiger partial charge is 0.330 e. The molecule has 0 aliphatic heterocycles. The van der Waals surface area contributed by atoms with Crippen LogP contribution in [0.15, 0.2) is 5.38 Å². The number of carbonyl (C=O) groups is 1. The van der Waals surface area contributed by atoms with Crippen molar-refractivity contribution in [1.82, 2.24) is 4.98 Å². The van der Waals surface area contributed by atoms with Gasteiger partial charge in [0.05, 0.1) is 6.42 Å². The van der Waals surface area contributed by atoms with Crippen LogP contribution in [-0.2, 0) is 11.2 Å². The summed E-state index contributed by atoms with van der Waals surface area (Å²) in [5, 5.41) is 2.91. The maximum Gasteiger partial charge on any atom is 0.139 e. The van der Waals surface area contributed by atoms with Crippen molar-refractivity contribution in [1.29, 1.82) is 0 Å². The first-order valence-corrected chi connectivity index (χ1v) is 6.12. The Morgan fingerprint density at radius 2 is 2.40 bits per heavy atom. The number of ketones is 1. The van der Waals surface area contributed by atoms with Gasteiger partial charge in [0.25, 0.3) is 0 Å². The van der Waals surface area contributed by atoms with Gasteiger partial charge in [-0.2, -0.15) is 0 Å². The van der Waals surface area contributed by atoms with Gasteiger partial charge in [-0.15, -0.1) is 11.3 Å². The van der Waals surface area contributed by atoms with E-state index in [2.05, 4.69) is 11.9 Å². The molecule has 0 saturated heterocycles. The van der Waals surface area contributed by atoms with E-state index in [9.17, 15) is 4.79 Å². The fraction of sp³-hybridized carbons (Fsp3) is 0.636. The van der Waals surface area contributed by atoms with Crippen molar-refractivity contribution in [2.24, 2.45) is 11.7 Å². The summed E-state index contributed by atoms with van der Waals surface area (Å²) < 4.78 is 0. The van der Waals surface area contributed by atoms with Crippen molar-refractivity contribution < 1.29 is 4.79 Å². The SMILES string of the molecule is Cc1csc(CC(=O)CCC(C)CN)n1. The molecule has 2 N–H and O–H groups in total. The van der Waals surface area contributed by atoms with Crippen molar-refractivity contribution in [2.75, 3.05) is 6.54 Å². The fourth-order valence-corrected chi connectivity index (χ4v) is 2.07. The Kier molecular flexibility index (Phi) is 4.91. The first-order valence-electron chi connectivity index (χ1n) is 5.24. The van der Waals surface area contributed by atoms with Crippen molar-refractivity contribution in [3.05, 3.63) is 16.1 Å². The van der Waals surface area contributed by atoms with Gasteiger partial charge < -0.3 is 5.73 Å². The maximum atomic E-state index is 11.6. The third-order valence-electron chi connectivity index (χ3n) is 2.33. The molecule has 1 unspecified atom stereocenters. The van der Waals surface area contributed by atoms with Crippen molar-refractivity contribution in [2.45, 2.75) is 33.1 Å².